The maximum Gasteiger partial charge on any atom is 0.271 e. The van der Waals surface area contributed by atoms with Gasteiger partial charge in [0, 0.05) is 16.8 Å². The normalized spacial score (nSPS) is 11.1. The molecule has 0 saturated carbocycles. The number of benzene rings is 1. The van der Waals surface area contributed by atoms with E-state index in [9.17, 15) is 4.79 Å². The Balaban J connectivity index is 2.16. The van der Waals surface area contributed by atoms with Crippen molar-refractivity contribution in [1.29, 1.82) is 0 Å². The Labute approximate surface area is 111 Å². The van der Waals surface area contributed by atoms with Gasteiger partial charge in [0.25, 0.3) is 5.91 Å². The molecule has 2 rings (SSSR count). The smallest absolute Gasteiger partial charge is 0.267 e. The monoisotopic (exact) mass is 260 g/mol. The van der Waals surface area contributed by atoms with E-state index in [4.69, 9.17) is 11.6 Å². The van der Waals surface area contributed by atoms with Gasteiger partial charge >= 0.3 is 0 Å². The quantitative estimate of drug-likeness (QED) is 0.775. The van der Waals surface area contributed by atoms with Gasteiger partial charge in [-0.2, -0.15) is 5.10 Å². The molecule has 2 aromatic rings. The Hall–Kier alpha value is -1.87. The third-order valence-corrected chi connectivity index (χ3v) is 2.76. The van der Waals surface area contributed by atoms with Crippen molar-refractivity contribution in [3.63, 3.8) is 0 Å². The van der Waals surface area contributed by atoms with Gasteiger partial charge in [0.05, 0.1) is 5.69 Å². The number of carbonyl (C=O) groups is 1. The van der Waals surface area contributed by atoms with E-state index in [0.29, 0.717) is 5.02 Å². The number of hydrogen-bond acceptors (Lipinski definition) is 2. The number of carbonyl (C=O) groups excluding carboxylic acids is 1. The van der Waals surface area contributed by atoms with E-state index in [-0.39, 0.29) is 5.91 Å². The van der Waals surface area contributed by atoms with Crippen molar-refractivity contribution >= 4 is 23.6 Å². The van der Waals surface area contributed by atoms with Crippen molar-refractivity contribution in [2.75, 3.05) is 0 Å². The lowest BCUT2D eigenvalue weighted by molar-refractivity contribution is 0.0952. The largest absolute Gasteiger partial charge is 0.271 e. The van der Waals surface area contributed by atoms with Crippen LogP contribution >= 0.6 is 11.6 Å². The zero-order chi connectivity index (χ0) is 13.1. The predicted molar refractivity (Wildman–Crippen MR) is 72.8 cm³/mol. The highest BCUT2D eigenvalue weighted by Gasteiger charge is 2.06. The molecule has 0 aliphatic carbocycles. The first-order chi connectivity index (χ1) is 8.56. The van der Waals surface area contributed by atoms with Gasteiger partial charge in [-0.15, -0.1) is 0 Å². The van der Waals surface area contributed by atoms with E-state index in [0.717, 1.165) is 17.0 Å². The summed E-state index contributed by atoms with van der Waals surface area (Å²) in [6.45, 7) is 3.72. The van der Waals surface area contributed by atoms with Gasteiger partial charge in [-0.1, -0.05) is 23.7 Å². The minimum atomic E-state index is -0.157. The number of rotatable bonds is 2. The number of halogens is 1. The molecule has 0 amide bonds. The molecular weight excluding hydrogens is 248 g/mol. The first-order valence-corrected chi connectivity index (χ1v) is 5.95. The number of nitrogens with zero attached hydrogens (tertiary/aromatic N) is 2. The minimum Gasteiger partial charge on any atom is -0.267 e. The molecule has 1 aromatic carbocycles. The Kier molecular flexibility index (Phi) is 3.63. The molecule has 0 bridgehead atoms. The van der Waals surface area contributed by atoms with Gasteiger partial charge in [0.2, 0.25) is 0 Å². The molecule has 92 valence electrons. The molecular formula is C14H13ClN2O. The standard InChI is InChI=1S/C14H13ClN2O/c1-10-9-11(2)17(16-10)14(18)8-5-12-3-6-13(15)7-4-12/h3-9H,1-2H3. The SMILES string of the molecule is Cc1cc(C)n(C(=O)C=Cc2ccc(Cl)cc2)n1. The second kappa shape index (κ2) is 5.19. The molecule has 1 heterocycles. The molecule has 0 unspecified atom stereocenters. The molecule has 1 aromatic heterocycles. The number of aryl methyl sites for hydroxylation is 2. The Morgan fingerprint density at radius 2 is 1.94 bits per heavy atom. The summed E-state index contributed by atoms with van der Waals surface area (Å²) >= 11 is 5.79. The van der Waals surface area contributed by atoms with Crippen LogP contribution in [0.1, 0.15) is 21.7 Å². The summed E-state index contributed by atoms with van der Waals surface area (Å²) < 4.78 is 1.39. The van der Waals surface area contributed by atoms with Crippen molar-refractivity contribution in [2.45, 2.75) is 13.8 Å². The Morgan fingerprint density at radius 1 is 1.28 bits per heavy atom. The van der Waals surface area contributed by atoms with Crippen molar-refractivity contribution in [1.82, 2.24) is 9.78 Å². The summed E-state index contributed by atoms with van der Waals surface area (Å²) in [6, 6.07) is 9.15. The molecule has 0 saturated heterocycles. The first kappa shape index (κ1) is 12.6. The van der Waals surface area contributed by atoms with Gasteiger partial charge in [0.15, 0.2) is 0 Å². The van der Waals surface area contributed by atoms with Crippen LogP contribution in [0.5, 0.6) is 0 Å². The lowest BCUT2D eigenvalue weighted by Crippen LogP contribution is -2.10. The molecule has 0 atom stereocenters. The van der Waals surface area contributed by atoms with E-state index in [1.54, 1.807) is 18.2 Å². The second-order valence-corrected chi connectivity index (χ2v) is 4.50. The summed E-state index contributed by atoms with van der Waals surface area (Å²) in [5, 5.41) is 4.81. The number of allylic oxidation sites excluding steroid dienone is 1. The van der Waals surface area contributed by atoms with Crippen LogP contribution < -0.4 is 0 Å². The molecule has 0 aliphatic rings. The summed E-state index contributed by atoms with van der Waals surface area (Å²) in [4.78, 5) is 11.9. The van der Waals surface area contributed by atoms with E-state index < -0.39 is 0 Å². The van der Waals surface area contributed by atoms with Gasteiger partial charge in [0.1, 0.15) is 0 Å². The van der Waals surface area contributed by atoms with Gasteiger partial charge < -0.3 is 0 Å². The minimum absolute atomic E-state index is 0.157. The third-order valence-electron chi connectivity index (χ3n) is 2.51. The molecule has 0 N–H and O–H groups in total. The highest BCUT2D eigenvalue weighted by Crippen LogP contribution is 2.11. The van der Waals surface area contributed by atoms with Crippen LogP contribution in [-0.4, -0.2) is 15.7 Å². The fraction of sp³-hybridized carbons (Fsp3) is 0.143. The zero-order valence-corrected chi connectivity index (χ0v) is 11.0. The average molecular weight is 261 g/mol. The van der Waals surface area contributed by atoms with Crippen molar-refractivity contribution in [3.8, 4) is 0 Å². The lowest BCUT2D eigenvalue weighted by Gasteiger charge is -1.98. The van der Waals surface area contributed by atoms with Crippen LogP contribution in [-0.2, 0) is 0 Å². The molecule has 18 heavy (non-hydrogen) atoms. The number of aromatic nitrogens is 2. The Morgan fingerprint density at radius 3 is 2.50 bits per heavy atom. The maximum atomic E-state index is 11.9. The van der Waals surface area contributed by atoms with Crippen LogP contribution in [0.15, 0.2) is 36.4 Å². The number of hydrogen-bond donors (Lipinski definition) is 0. The van der Waals surface area contributed by atoms with Crippen LogP contribution in [0.4, 0.5) is 0 Å². The predicted octanol–water partition coefficient (Wildman–Crippen LogP) is 3.51. The fourth-order valence-corrected chi connectivity index (χ4v) is 1.79. The van der Waals surface area contributed by atoms with Crippen molar-refractivity contribution in [2.24, 2.45) is 0 Å². The topological polar surface area (TPSA) is 34.9 Å². The molecule has 3 nitrogen and oxygen atoms in total. The molecule has 0 fully saturated rings. The van der Waals surface area contributed by atoms with E-state index in [2.05, 4.69) is 5.10 Å². The highest BCUT2D eigenvalue weighted by atomic mass is 35.5. The van der Waals surface area contributed by atoms with Crippen LogP contribution in [0, 0.1) is 13.8 Å². The first-order valence-electron chi connectivity index (χ1n) is 5.57. The van der Waals surface area contributed by atoms with E-state index >= 15 is 0 Å². The van der Waals surface area contributed by atoms with Gasteiger partial charge in [-0.25, -0.2) is 4.68 Å². The molecule has 4 heteroatoms. The third kappa shape index (κ3) is 2.87. The van der Waals surface area contributed by atoms with E-state index in [1.807, 2.05) is 32.0 Å². The molecule has 0 radical (unpaired) electrons. The Bertz CT molecular complexity index is 597. The molecule has 0 aliphatic heterocycles. The molecule has 0 spiro atoms. The van der Waals surface area contributed by atoms with Gasteiger partial charge in [-0.3, -0.25) is 4.79 Å². The van der Waals surface area contributed by atoms with Gasteiger partial charge in [-0.05, 0) is 43.7 Å². The van der Waals surface area contributed by atoms with E-state index in [1.165, 1.54) is 10.8 Å². The highest BCUT2D eigenvalue weighted by molar-refractivity contribution is 6.30. The fourth-order valence-electron chi connectivity index (χ4n) is 1.66. The van der Waals surface area contributed by atoms with Crippen LogP contribution in [0.2, 0.25) is 5.02 Å². The van der Waals surface area contributed by atoms with Crippen LogP contribution in [0.25, 0.3) is 6.08 Å². The van der Waals surface area contributed by atoms with Crippen molar-refractivity contribution < 1.29 is 4.79 Å². The summed E-state index contributed by atoms with van der Waals surface area (Å²) in [5.74, 6) is -0.157. The summed E-state index contributed by atoms with van der Waals surface area (Å²) in [5.41, 5.74) is 2.59. The second-order valence-electron chi connectivity index (χ2n) is 4.06. The lowest BCUT2D eigenvalue weighted by atomic mass is 10.2. The van der Waals surface area contributed by atoms with Crippen molar-refractivity contribution in [3.05, 3.63) is 58.4 Å². The summed E-state index contributed by atoms with van der Waals surface area (Å²) in [7, 11) is 0. The van der Waals surface area contributed by atoms with Crippen LogP contribution in [0.3, 0.4) is 0 Å². The maximum absolute atomic E-state index is 11.9. The summed E-state index contributed by atoms with van der Waals surface area (Å²) in [6.07, 6.45) is 3.25. The average Bonchev–Trinajstić information content (AvgIpc) is 2.67. The zero-order valence-electron chi connectivity index (χ0n) is 10.2.